The molecule has 2 aromatic carbocycles. The van der Waals surface area contributed by atoms with Crippen LogP contribution in [0.4, 0.5) is 4.79 Å². The van der Waals surface area contributed by atoms with Crippen LogP contribution >= 0.6 is 0 Å². The van der Waals surface area contributed by atoms with Gasteiger partial charge in [0.25, 0.3) is 5.91 Å². The molecule has 2 aromatic rings. The first-order chi connectivity index (χ1) is 12.8. The van der Waals surface area contributed by atoms with Crippen molar-refractivity contribution in [1.82, 2.24) is 10.7 Å². The fourth-order valence-electron chi connectivity index (χ4n) is 2.48. The summed E-state index contributed by atoms with van der Waals surface area (Å²) in [6.45, 7) is 5.54. The SMILES string of the molecule is COC(=O)N[C@H](C(=O)N/N=C/c1ccc(-c2ccccc2)cc1)C(C)(C)C. The molecule has 0 aliphatic carbocycles. The average Bonchev–Trinajstić information content (AvgIpc) is 2.66. The minimum absolute atomic E-state index is 0.412. The van der Waals surface area contributed by atoms with E-state index < -0.39 is 23.5 Å². The van der Waals surface area contributed by atoms with Crippen molar-refractivity contribution < 1.29 is 14.3 Å². The number of carbonyl (C=O) groups excluding carboxylic acids is 2. The van der Waals surface area contributed by atoms with Gasteiger partial charge in [-0.15, -0.1) is 0 Å². The lowest BCUT2D eigenvalue weighted by atomic mass is 9.86. The van der Waals surface area contributed by atoms with Crippen molar-refractivity contribution >= 4 is 18.2 Å². The topological polar surface area (TPSA) is 79.8 Å². The monoisotopic (exact) mass is 367 g/mol. The zero-order valence-electron chi connectivity index (χ0n) is 16.0. The van der Waals surface area contributed by atoms with Gasteiger partial charge in [0.15, 0.2) is 0 Å². The molecule has 27 heavy (non-hydrogen) atoms. The summed E-state index contributed by atoms with van der Waals surface area (Å²) in [5.74, 6) is -0.412. The number of benzene rings is 2. The molecule has 2 N–H and O–H groups in total. The molecular formula is C21H25N3O3. The predicted octanol–water partition coefficient (Wildman–Crippen LogP) is 3.57. The molecule has 2 amide bonds. The van der Waals surface area contributed by atoms with Crippen LogP contribution in [0, 0.1) is 5.41 Å². The van der Waals surface area contributed by atoms with Crippen molar-refractivity contribution in [3.8, 4) is 11.1 Å². The van der Waals surface area contributed by atoms with Crippen LogP contribution in [-0.2, 0) is 9.53 Å². The predicted molar refractivity (Wildman–Crippen MR) is 106 cm³/mol. The maximum absolute atomic E-state index is 12.4. The summed E-state index contributed by atoms with van der Waals surface area (Å²) >= 11 is 0. The third-order valence-electron chi connectivity index (χ3n) is 3.98. The maximum Gasteiger partial charge on any atom is 0.407 e. The Balaban J connectivity index is 2.00. The fraction of sp³-hybridized carbons (Fsp3) is 0.286. The molecule has 2 rings (SSSR count). The van der Waals surface area contributed by atoms with Crippen molar-refractivity contribution in [1.29, 1.82) is 0 Å². The van der Waals surface area contributed by atoms with E-state index in [1.165, 1.54) is 7.11 Å². The molecule has 0 radical (unpaired) electrons. The van der Waals surface area contributed by atoms with Gasteiger partial charge in [-0.1, -0.05) is 75.4 Å². The molecule has 0 saturated heterocycles. The van der Waals surface area contributed by atoms with Crippen LogP contribution < -0.4 is 10.7 Å². The summed E-state index contributed by atoms with van der Waals surface area (Å²) in [6, 6.07) is 17.1. The number of alkyl carbamates (subject to hydrolysis) is 1. The van der Waals surface area contributed by atoms with Crippen molar-refractivity contribution in [2.75, 3.05) is 7.11 Å². The van der Waals surface area contributed by atoms with Crippen molar-refractivity contribution in [2.45, 2.75) is 26.8 Å². The summed E-state index contributed by atoms with van der Waals surface area (Å²) in [6.07, 6.45) is 0.899. The van der Waals surface area contributed by atoms with E-state index in [2.05, 4.69) is 20.6 Å². The first-order valence-corrected chi connectivity index (χ1v) is 8.64. The number of rotatable bonds is 5. The number of hydrogen-bond acceptors (Lipinski definition) is 4. The highest BCUT2D eigenvalue weighted by Crippen LogP contribution is 2.20. The standard InChI is InChI=1S/C21H25N3O3/c1-21(2,3)18(23-20(26)27-4)19(25)24-22-14-15-10-12-17(13-11-15)16-8-6-5-7-9-16/h5-14,18H,1-4H3,(H,23,26)(H,24,25)/b22-14+/t18-/m1/s1. The lowest BCUT2D eigenvalue weighted by Crippen LogP contribution is -2.52. The number of hydrazone groups is 1. The van der Waals surface area contributed by atoms with Crippen LogP contribution in [0.25, 0.3) is 11.1 Å². The second-order valence-corrected chi connectivity index (χ2v) is 7.16. The van der Waals surface area contributed by atoms with Gasteiger partial charge < -0.3 is 10.1 Å². The minimum atomic E-state index is -0.775. The Hall–Kier alpha value is -3.15. The Labute approximate surface area is 159 Å². The summed E-state index contributed by atoms with van der Waals surface area (Å²) < 4.78 is 4.58. The zero-order chi connectivity index (χ0) is 19.9. The molecule has 0 aromatic heterocycles. The van der Waals surface area contributed by atoms with Gasteiger partial charge in [0, 0.05) is 0 Å². The Bertz CT molecular complexity index is 794. The van der Waals surface area contributed by atoms with Crippen LogP contribution in [0.3, 0.4) is 0 Å². The number of carbonyl (C=O) groups is 2. The van der Waals surface area contributed by atoms with Gasteiger partial charge in [-0.05, 0) is 22.1 Å². The molecule has 0 saturated carbocycles. The van der Waals surface area contributed by atoms with Crippen LogP contribution in [0.2, 0.25) is 0 Å². The Kier molecular flexibility index (Phi) is 6.71. The quantitative estimate of drug-likeness (QED) is 0.626. The van der Waals surface area contributed by atoms with Gasteiger partial charge in [0.05, 0.1) is 13.3 Å². The molecule has 0 unspecified atom stereocenters. The van der Waals surface area contributed by atoms with Crippen LogP contribution in [0.15, 0.2) is 59.7 Å². The maximum atomic E-state index is 12.4. The van der Waals surface area contributed by atoms with Crippen LogP contribution in [0.1, 0.15) is 26.3 Å². The number of nitrogens with one attached hydrogen (secondary N) is 2. The summed E-state index contributed by atoms with van der Waals surface area (Å²) in [7, 11) is 1.25. The van der Waals surface area contributed by atoms with E-state index in [0.29, 0.717) is 0 Å². The average molecular weight is 367 g/mol. The lowest BCUT2D eigenvalue weighted by Gasteiger charge is -2.28. The zero-order valence-corrected chi connectivity index (χ0v) is 16.0. The van der Waals surface area contributed by atoms with E-state index in [9.17, 15) is 9.59 Å². The highest BCUT2D eigenvalue weighted by molar-refractivity contribution is 5.88. The highest BCUT2D eigenvalue weighted by Gasteiger charge is 2.33. The molecule has 0 aliphatic heterocycles. The molecule has 0 bridgehead atoms. The third-order valence-corrected chi connectivity index (χ3v) is 3.98. The molecule has 142 valence electrons. The molecule has 0 heterocycles. The summed E-state index contributed by atoms with van der Waals surface area (Å²) in [5.41, 5.74) is 5.07. The van der Waals surface area contributed by atoms with Crippen molar-refractivity contribution in [2.24, 2.45) is 10.5 Å². The number of hydrogen-bond donors (Lipinski definition) is 2. The fourth-order valence-corrected chi connectivity index (χ4v) is 2.48. The molecule has 6 heteroatoms. The van der Waals surface area contributed by atoms with Gasteiger partial charge in [-0.2, -0.15) is 5.10 Å². The van der Waals surface area contributed by atoms with Crippen LogP contribution in [-0.4, -0.2) is 31.4 Å². The van der Waals surface area contributed by atoms with Crippen molar-refractivity contribution in [3.63, 3.8) is 0 Å². The first-order valence-electron chi connectivity index (χ1n) is 8.64. The van der Waals surface area contributed by atoms with E-state index in [1.807, 2.05) is 75.4 Å². The molecule has 0 aliphatic rings. The minimum Gasteiger partial charge on any atom is -0.453 e. The molecule has 6 nitrogen and oxygen atoms in total. The van der Waals surface area contributed by atoms with Gasteiger partial charge in [-0.3, -0.25) is 4.79 Å². The molecular weight excluding hydrogens is 342 g/mol. The molecule has 0 fully saturated rings. The molecule has 0 spiro atoms. The van der Waals surface area contributed by atoms with Gasteiger partial charge >= 0.3 is 6.09 Å². The number of nitrogens with zero attached hydrogens (tertiary/aromatic N) is 1. The lowest BCUT2D eigenvalue weighted by molar-refractivity contribution is -0.125. The van der Waals surface area contributed by atoms with Crippen molar-refractivity contribution in [3.05, 3.63) is 60.2 Å². The molecule has 1 atom stereocenters. The number of ether oxygens (including phenoxy) is 1. The number of methoxy groups -OCH3 is 1. The second-order valence-electron chi connectivity index (χ2n) is 7.16. The Morgan fingerprint density at radius 1 is 1.00 bits per heavy atom. The third kappa shape index (κ3) is 5.95. The van der Waals surface area contributed by atoms with Gasteiger partial charge in [0.1, 0.15) is 6.04 Å². The first kappa shape index (κ1) is 20.2. The smallest absolute Gasteiger partial charge is 0.407 e. The van der Waals surface area contributed by atoms with Gasteiger partial charge in [0.2, 0.25) is 0 Å². The second kappa shape index (κ2) is 8.98. The van der Waals surface area contributed by atoms with E-state index in [0.717, 1.165) is 16.7 Å². The Morgan fingerprint density at radius 3 is 2.15 bits per heavy atom. The highest BCUT2D eigenvalue weighted by atomic mass is 16.5. The van der Waals surface area contributed by atoms with Gasteiger partial charge in [-0.25, -0.2) is 10.2 Å². The number of amides is 2. The normalized spacial score (nSPS) is 12.4. The van der Waals surface area contributed by atoms with E-state index in [-0.39, 0.29) is 0 Å². The van der Waals surface area contributed by atoms with E-state index >= 15 is 0 Å². The van der Waals surface area contributed by atoms with E-state index in [4.69, 9.17) is 0 Å². The summed E-state index contributed by atoms with van der Waals surface area (Å²) in [5, 5.41) is 6.53. The van der Waals surface area contributed by atoms with E-state index in [1.54, 1.807) is 6.21 Å². The largest absolute Gasteiger partial charge is 0.453 e. The summed E-state index contributed by atoms with van der Waals surface area (Å²) in [4.78, 5) is 23.8. The van der Waals surface area contributed by atoms with Crippen LogP contribution in [0.5, 0.6) is 0 Å². The Morgan fingerprint density at radius 2 is 1.59 bits per heavy atom.